The maximum absolute atomic E-state index is 6.23. The summed E-state index contributed by atoms with van der Waals surface area (Å²) in [6, 6.07) is 0.855. The van der Waals surface area contributed by atoms with E-state index in [0.29, 0.717) is 6.54 Å². The van der Waals surface area contributed by atoms with Crippen molar-refractivity contribution in [2.75, 3.05) is 26.4 Å². The van der Waals surface area contributed by atoms with Crippen molar-refractivity contribution in [1.82, 2.24) is 0 Å². The standard InChI is InChI=1S/C18H41NO3Si/c1-4-7-10-15-20-23(18-13-14-19,21-16-11-8-5-2)22-17-12-9-6-3/h4-19H2,1-3H3. The van der Waals surface area contributed by atoms with E-state index in [1.165, 1.54) is 38.5 Å². The number of hydrogen-bond donors (Lipinski definition) is 1. The molecule has 0 bridgehead atoms. The van der Waals surface area contributed by atoms with Gasteiger partial charge in [-0.05, 0) is 32.2 Å². The number of hydrogen-bond acceptors (Lipinski definition) is 4. The summed E-state index contributed by atoms with van der Waals surface area (Å²) >= 11 is 0. The molecule has 0 saturated heterocycles. The Kier molecular flexibility index (Phi) is 16.9. The third-order valence-electron chi connectivity index (χ3n) is 3.90. The van der Waals surface area contributed by atoms with Crippen LogP contribution < -0.4 is 5.73 Å². The van der Waals surface area contributed by atoms with Crippen molar-refractivity contribution in [2.24, 2.45) is 5.73 Å². The van der Waals surface area contributed by atoms with Crippen LogP contribution in [-0.4, -0.2) is 35.2 Å². The van der Waals surface area contributed by atoms with Crippen molar-refractivity contribution in [3.63, 3.8) is 0 Å². The fraction of sp³-hybridized carbons (Fsp3) is 1.00. The van der Waals surface area contributed by atoms with Gasteiger partial charge in [0.2, 0.25) is 0 Å². The molecule has 0 spiro atoms. The molecule has 0 saturated carbocycles. The van der Waals surface area contributed by atoms with E-state index in [4.69, 9.17) is 19.0 Å². The molecule has 0 aliphatic rings. The number of nitrogens with two attached hydrogens (primary N) is 1. The van der Waals surface area contributed by atoms with Crippen LogP contribution in [0.15, 0.2) is 0 Å². The predicted molar refractivity (Wildman–Crippen MR) is 101 cm³/mol. The smallest absolute Gasteiger partial charge is 0.373 e. The first-order valence-electron chi connectivity index (χ1n) is 9.86. The molecule has 0 aliphatic heterocycles. The van der Waals surface area contributed by atoms with Crippen LogP contribution >= 0.6 is 0 Å². The second kappa shape index (κ2) is 16.9. The maximum Gasteiger partial charge on any atom is 0.501 e. The zero-order valence-corrected chi connectivity index (χ0v) is 16.9. The highest BCUT2D eigenvalue weighted by atomic mass is 28.4. The van der Waals surface area contributed by atoms with Gasteiger partial charge in [-0.25, -0.2) is 0 Å². The minimum atomic E-state index is -2.55. The Hall–Kier alpha value is 0.0569. The lowest BCUT2D eigenvalue weighted by Crippen LogP contribution is -2.47. The molecule has 0 rings (SSSR count). The Morgan fingerprint density at radius 3 is 1.30 bits per heavy atom. The van der Waals surface area contributed by atoms with E-state index < -0.39 is 8.80 Å². The van der Waals surface area contributed by atoms with Gasteiger partial charge in [-0.15, -0.1) is 0 Å². The van der Waals surface area contributed by atoms with Crippen LogP contribution in [0.4, 0.5) is 0 Å². The summed E-state index contributed by atoms with van der Waals surface area (Å²) in [5, 5.41) is 0. The van der Waals surface area contributed by atoms with Gasteiger partial charge < -0.3 is 19.0 Å². The minimum absolute atomic E-state index is 0.670. The molecule has 4 nitrogen and oxygen atoms in total. The minimum Gasteiger partial charge on any atom is -0.373 e. The first kappa shape index (κ1) is 23.1. The van der Waals surface area contributed by atoms with Crippen LogP contribution in [0, 0.1) is 0 Å². The van der Waals surface area contributed by atoms with Gasteiger partial charge in [0.1, 0.15) is 0 Å². The Balaban J connectivity index is 4.51. The van der Waals surface area contributed by atoms with Crippen LogP contribution in [0.25, 0.3) is 0 Å². The van der Waals surface area contributed by atoms with Crippen molar-refractivity contribution < 1.29 is 13.3 Å². The summed E-state index contributed by atoms with van der Waals surface area (Å²) in [5.41, 5.74) is 5.72. The van der Waals surface area contributed by atoms with E-state index in [9.17, 15) is 0 Å². The van der Waals surface area contributed by atoms with Crippen LogP contribution in [0.1, 0.15) is 85.0 Å². The van der Waals surface area contributed by atoms with E-state index in [2.05, 4.69) is 20.8 Å². The van der Waals surface area contributed by atoms with Gasteiger partial charge >= 0.3 is 8.80 Å². The fourth-order valence-corrected chi connectivity index (χ4v) is 5.09. The number of rotatable bonds is 18. The van der Waals surface area contributed by atoms with E-state index in [0.717, 1.165) is 51.5 Å². The van der Waals surface area contributed by atoms with Crippen molar-refractivity contribution in [2.45, 2.75) is 91.0 Å². The van der Waals surface area contributed by atoms with Gasteiger partial charge in [-0.1, -0.05) is 59.3 Å². The number of unbranched alkanes of at least 4 members (excludes halogenated alkanes) is 6. The molecule has 0 amide bonds. The molecule has 23 heavy (non-hydrogen) atoms. The molecule has 0 fully saturated rings. The van der Waals surface area contributed by atoms with Gasteiger partial charge in [0.15, 0.2) is 0 Å². The van der Waals surface area contributed by atoms with Crippen LogP contribution in [-0.2, 0) is 13.3 Å². The van der Waals surface area contributed by atoms with E-state index in [1.807, 2.05) is 0 Å². The quantitative estimate of drug-likeness (QED) is 0.283. The molecule has 0 atom stereocenters. The highest BCUT2D eigenvalue weighted by Crippen LogP contribution is 2.20. The van der Waals surface area contributed by atoms with Crippen LogP contribution in [0.3, 0.4) is 0 Å². The predicted octanol–water partition coefficient (Wildman–Crippen LogP) is 4.89. The molecule has 0 aromatic heterocycles. The van der Waals surface area contributed by atoms with Crippen molar-refractivity contribution >= 4 is 8.80 Å². The molecule has 2 N–H and O–H groups in total. The van der Waals surface area contributed by atoms with Gasteiger partial charge in [-0.2, -0.15) is 0 Å². The summed E-state index contributed by atoms with van der Waals surface area (Å²) in [7, 11) is -2.55. The molecule has 0 aliphatic carbocycles. The molecule has 140 valence electrons. The average Bonchev–Trinajstić information content (AvgIpc) is 2.57. The lowest BCUT2D eigenvalue weighted by Gasteiger charge is -2.30. The largest absolute Gasteiger partial charge is 0.501 e. The Morgan fingerprint density at radius 1 is 0.609 bits per heavy atom. The maximum atomic E-state index is 6.23. The zero-order valence-electron chi connectivity index (χ0n) is 15.9. The van der Waals surface area contributed by atoms with Gasteiger partial charge in [0.25, 0.3) is 0 Å². The molecular formula is C18H41NO3Si. The summed E-state index contributed by atoms with van der Waals surface area (Å²) in [6.45, 7) is 9.57. The molecule has 0 heterocycles. The lowest BCUT2D eigenvalue weighted by atomic mass is 10.3. The summed E-state index contributed by atoms with van der Waals surface area (Å²) in [6.07, 6.45) is 11.4. The highest BCUT2D eigenvalue weighted by molar-refractivity contribution is 6.60. The second-order valence-electron chi connectivity index (χ2n) is 6.24. The van der Waals surface area contributed by atoms with E-state index in [-0.39, 0.29) is 0 Å². The third-order valence-corrected chi connectivity index (χ3v) is 6.79. The van der Waals surface area contributed by atoms with Crippen LogP contribution in [0.5, 0.6) is 0 Å². The molecule has 5 heteroatoms. The highest BCUT2D eigenvalue weighted by Gasteiger charge is 2.40. The fourth-order valence-electron chi connectivity index (χ4n) is 2.40. The molecule has 0 aromatic rings. The zero-order chi connectivity index (χ0) is 17.2. The summed E-state index contributed by atoms with van der Waals surface area (Å²) in [4.78, 5) is 0. The van der Waals surface area contributed by atoms with E-state index in [1.54, 1.807) is 0 Å². The average molecular weight is 348 g/mol. The lowest BCUT2D eigenvalue weighted by molar-refractivity contribution is 0.0551. The molecular weight excluding hydrogens is 306 g/mol. The van der Waals surface area contributed by atoms with E-state index >= 15 is 0 Å². The molecule has 0 radical (unpaired) electrons. The van der Waals surface area contributed by atoms with Crippen LogP contribution in [0.2, 0.25) is 6.04 Å². The van der Waals surface area contributed by atoms with Crippen molar-refractivity contribution in [3.8, 4) is 0 Å². The molecule has 0 unspecified atom stereocenters. The van der Waals surface area contributed by atoms with Gasteiger partial charge in [0.05, 0.1) is 0 Å². The van der Waals surface area contributed by atoms with Gasteiger partial charge in [0, 0.05) is 25.9 Å². The SMILES string of the molecule is CCCCCO[Si](CCCN)(OCCCCC)OCCCCC. The topological polar surface area (TPSA) is 53.7 Å². The Morgan fingerprint density at radius 2 is 1.00 bits per heavy atom. The second-order valence-corrected chi connectivity index (χ2v) is 8.97. The molecule has 0 aromatic carbocycles. The Labute approximate surface area is 145 Å². The van der Waals surface area contributed by atoms with Gasteiger partial charge in [-0.3, -0.25) is 0 Å². The first-order chi connectivity index (χ1) is 11.2. The normalized spacial score (nSPS) is 12.0. The van der Waals surface area contributed by atoms with Crippen molar-refractivity contribution in [3.05, 3.63) is 0 Å². The summed E-state index contributed by atoms with van der Waals surface area (Å²) in [5.74, 6) is 0. The van der Waals surface area contributed by atoms with Crippen molar-refractivity contribution in [1.29, 1.82) is 0 Å². The first-order valence-corrected chi connectivity index (χ1v) is 11.8. The Bertz CT molecular complexity index is 211. The third kappa shape index (κ3) is 13.1. The summed E-state index contributed by atoms with van der Waals surface area (Å²) < 4.78 is 18.7. The monoisotopic (exact) mass is 347 g/mol.